The fraction of sp³-hybridized carbons (Fsp3) is 0.280. The van der Waals surface area contributed by atoms with E-state index in [0.29, 0.717) is 0 Å². The van der Waals surface area contributed by atoms with E-state index in [1.807, 2.05) is 25.2 Å². The van der Waals surface area contributed by atoms with E-state index < -0.39 is 17.2 Å². The van der Waals surface area contributed by atoms with Crippen molar-refractivity contribution in [1.82, 2.24) is 4.90 Å². The maximum atomic E-state index is 10.9. The molecule has 3 heteroatoms. The molecule has 1 aliphatic carbocycles. The van der Waals surface area contributed by atoms with Gasteiger partial charge in [-0.1, -0.05) is 78.9 Å². The van der Waals surface area contributed by atoms with Gasteiger partial charge in [0.15, 0.2) is 0 Å². The smallest absolute Gasteiger partial charge is 0.0986 e. The van der Waals surface area contributed by atoms with Crippen LogP contribution in [0.3, 0.4) is 0 Å². The Balaban J connectivity index is 2.09. The van der Waals surface area contributed by atoms with E-state index >= 15 is 0 Å². The van der Waals surface area contributed by atoms with Crippen molar-refractivity contribution in [3.8, 4) is 11.1 Å². The standard InChI is InChI=1S/C25H27NO2/c1-24(2,28)23(17-27)26(3)25(18-11-5-4-6-12-18)21-15-9-7-13-19(21)20-14-8-10-16-22(20)25/h4-16,23,27-28H,17H2,1-3H3/t23-/m0/s1. The maximum Gasteiger partial charge on any atom is 0.0986 e. The Bertz CT molecular complexity index is 930. The van der Waals surface area contributed by atoms with Crippen LogP contribution in [0.2, 0.25) is 0 Å². The van der Waals surface area contributed by atoms with Gasteiger partial charge in [0.05, 0.1) is 23.8 Å². The number of aliphatic hydroxyl groups excluding tert-OH is 1. The Labute approximate surface area is 166 Å². The van der Waals surface area contributed by atoms with Crippen LogP contribution in [0, 0.1) is 0 Å². The SMILES string of the molecule is CN([C@@H](CO)C(C)(C)O)C1(c2ccccc2)c2ccccc2-c2ccccc21. The van der Waals surface area contributed by atoms with E-state index in [9.17, 15) is 10.2 Å². The Hall–Kier alpha value is -2.46. The molecule has 2 N–H and O–H groups in total. The average Bonchev–Trinajstić information content (AvgIpc) is 2.99. The van der Waals surface area contributed by atoms with Gasteiger partial charge in [-0.05, 0) is 48.7 Å². The summed E-state index contributed by atoms with van der Waals surface area (Å²) >= 11 is 0. The van der Waals surface area contributed by atoms with Gasteiger partial charge in [-0.25, -0.2) is 0 Å². The largest absolute Gasteiger partial charge is 0.395 e. The van der Waals surface area contributed by atoms with Gasteiger partial charge in [-0.2, -0.15) is 0 Å². The van der Waals surface area contributed by atoms with Gasteiger partial charge in [-0.15, -0.1) is 0 Å². The highest BCUT2D eigenvalue weighted by atomic mass is 16.3. The Morgan fingerprint density at radius 1 is 0.821 bits per heavy atom. The lowest BCUT2D eigenvalue weighted by Gasteiger charge is -2.48. The molecular formula is C25H27NO2. The molecule has 3 aromatic rings. The fourth-order valence-corrected chi connectivity index (χ4v) is 4.84. The molecule has 0 spiro atoms. The first-order valence-corrected chi connectivity index (χ1v) is 9.73. The van der Waals surface area contributed by atoms with Crippen LogP contribution in [0.1, 0.15) is 30.5 Å². The molecule has 0 saturated heterocycles. The average molecular weight is 373 g/mol. The summed E-state index contributed by atoms with van der Waals surface area (Å²) in [5.41, 5.74) is 4.19. The first kappa shape index (κ1) is 18.9. The van der Waals surface area contributed by atoms with E-state index in [1.165, 1.54) is 22.3 Å². The molecule has 0 aromatic heterocycles. The predicted octanol–water partition coefficient (Wildman–Crippen LogP) is 4.02. The summed E-state index contributed by atoms with van der Waals surface area (Å²) in [5.74, 6) is 0. The number of nitrogens with zero attached hydrogens (tertiary/aromatic N) is 1. The molecule has 1 aliphatic rings. The molecule has 144 valence electrons. The van der Waals surface area contributed by atoms with Gasteiger partial charge in [0, 0.05) is 0 Å². The summed E-state index contributed by atoms with van der Waals surface area (Å²) in [4.78, 5) is 2.15. The summed E-state index contributed by atoms with van der Waals surface area (Å²) < 4.78 is 0. The molecule has 0 unspecified atom stereocenters. The zero-order chi connectivity index (χ0) is 19.9. The number of hydrogen-bond donors (Lipinski definition) is 2. The van der Waals surface area contributed by atoms with Gasteiger partial charge in [0.2, 0.25) is 0 Å². The van der Waals surface area contributed by atoms with Crippen LogP contribution in [-0.2, 0) is 5.54 Å². The third-order valence-electron chi connectivity index (χ3n) is 6.10. The highest BCUT2D eigenvalue weighted by Crippen LogP contribution is 2.54. The lowest BCUT2D eigenvalue weighted by molar-refractivity contribution is -0.0569. The molecule has 0 radical (unpaired) electrons. The third kappa shape index (κ3) is 2.62. The van der Waals surface area contributed by atoms with Crippen LogP contribution in [0.4, 0.5) is 0 Å². The first-order valence-electron chi connectivity index (χ1n) is 9.73. The van der Waals surface area contributed by atoms with Gasteiger partial charge in [0.1, 0.15) is 0 Å². The number of benzene rings is 3. The zero-order valence-corrected chi connectivity index (χ0v) is 16.6. The van der Waals surface area contributed by atoms with E-state index in [0.717, 1.165) is 5.56 Å². The highest BCUT2D eigenvalue weighted by Gasteiger charge is 2.51. The first-order chi connectivity index (χ1) is 13.4. The van der Waals surface area contributed by atoms with Crippen molar-refractivity contribution in [2.24, 2.45) is 0 Å². The van der Waals surface area contributed by atoms with E-state index in [1.54, 1.807) is 13.8 Å². The highest BCUT2D eigenvalue weighted by molar-refractivity contribution is 5.83. The second-order valence-electron chi connectivity index (χ2n) is 8.13. The van der Waals surface area contributed by atoms with Crippen molar-refractivity contribution in [2.45, 2.75) is 31.0 Å². The third-order valence-corrected chi connectivity index (χ3v) is 6.10. The molecule has 3 nitrogen and oxygen atoms in total. The van der Waals surface area contributed by atoms with Crippen LogP contribution in [0.25, 0.3) is 11.1 Å². The summed E-state index contributed by atoms with van der Waals surface area (Å²) in [6.45, 7) is 3.38. The van der Waals surface area contributed by atoms with Crippen LogP contribution < -0.4 is 0 Å². The van der Waals surface area contributed by atoms with Crippen LogP contribution in [0.15, 0.2) is 78.9 Å². The number of aliphatic hydroxyl groups is 2. The number of rotatable bonds is 5. The monoisotopic (exact) mass is 373 g/mol. The summed E-state index contributed by atoms with van der Waals surface area (Å²) in [7, 11) is 2.00. The minimum Gasteiger partial charge on any atom is -0.395 e. The van der Waals surface area contributed by atoms with Gasteiger partial charge < -0.3 is 10.2 Å². The Kier molecular flexibility index (Phi) is 4.62. The van der Waals surface area contributed by atoms with Crippen LogP contribution in [-0.4, -0.2) is 40.4 Å². The van der Waals surface area contributed by atoms with Crippen molar-refractivity contribution in [1.29, 1.82) is 0 Å². The van der Waals surface area contributed by atoms with E-state index in [2.05, 4.69) is 65.6 Å². The summed E-state index contributed by atoms with van der Waals surface area (Å²) in [5, 5.41) is 21.1. The van der Waals surface area contributed by atoms with Gasteiger partial charge in [0.25, 0.3) is 0 Å². The molecule has 0 heterocycles. The fourth-order valence-electron chi connectivity index (χ4n) is 4.84. The van der Waals surface area contributed by atoms with E-state index in [4.69, 9.17) is 0 Å². The molecule has 4 rings (SSSR count). The normalized spacial score (nSPS) is 15.9. The molecule has 3 aromatic carbocycles. The number of fused-ring (bicyclic) bond motifs is 3. The van der Waals surface area contributed by atoms with Crippen molar-refractivity contribution in [3.63, 3.8) is 0 Å². The van der Waals surface area contributed by atoms with Crippen molar-refractivity contribution < 1.29 is 10.2 Å². The molecular weight excluding hydrogens is 346 g/mol. The Morgan fingerprint density at radius 2 is 1.29 bits per heavy atom. The molecule has 28 heavy (non-hydrogen) atoms. The van der Waals surface area contributed by atoms with Crippen LogP contribution >= 0.6 is 0 Å². The molecule has 1 atom stereocenters. The lowest BCUT2D eigenvalue weighted by atomic mass is 9.77. The summed E-state index contributed by atoms with van der Waals surface area (Å²) in [6.07, 6.45) is 0. The second-order valence-corrected chi connectivity index (χ2v) is 8.13. The summed E-state index contributed by atoms with van der Waals surface area (Å²) in [6, 6.07) is 26.8. The van der Waals surface area contributed by atoms with E-state index in [-0.39, 0.29) is 6.61 Å². The van der Waals surface area contributed by atoms with Crippen molar-refractivity contribution in [2.75, 3.05) is 13.7 Å². The predicted molar refractivity (Wildman–Crippen MR) is 113 cm³/mol. The molecule has 0 bridgehead atoms. The topological polar surface area (TPSA) is 43.7 Å². The lowest BCUT2D eigenvalue weighted by Crippen LogP contribution is -2.58. The van der Waals surface area contributed by atoms with Gasteiger partial charge in [-0.3, -0.25) is 4.90 Å². The number of likely N-dealkylation sites (N-methyl/N-ethyl adjacent to an activating group) is 1. The van der Waals surface area contributed by atoms with Gasteiger partial charge >= 0.3 is 0 Å². The molecule has 0 amide bonds. The zero-order valence-electron chi connectivity index (χ0n) is 16.6. The van der Waals surface area contributed by atoms with Crippen molar-refractivity contribution >= 4 is 0 Å². The quantitative estimate of drug-likeness (QED) is 0.710. The molecule has 0 fully saturated rings. The Morgan fingerprint density at radius 3 is 1.75 bits per heavy atom. The second kappa shape index (κ2) is 6.85. The number of hydrogen-bond acceptors (Lipinski definition) is 3. The minimum atomic E-state index is -1.07. The molecule has 0 aliphatic heterocycles. The molecule has 0 saturated carbocycles. The maximum absolute atomic E-state index is 10.9. The van der Waals surface area contributed by atoms with Crippen molar-refractivity contribution in [3.05, 3.63) is 95.6 Å². The minimum absolute atomic E-state index is 0.140. The van der Waals surface area contributed by atoms with Crippen LogP contribution in [0.5, 0.6) is 0 Å².